The highest BCUT2D eigenvalue weighted by Gasteiger charge is 2.27. The van der Waals surface area contributed by atoms with Crippen LogP contribution in [0.2, 0.25) is 0 Å². The third-order valence-electron chi connectivity index (χ3n) is 5.17. The summed E-state index contributed by atoms with van der Waals surface area (Å²) in [6.45, 7) is 7.75. The average Bonchev–Trinajstić information content (AvgIpc) is 2.65. The van der Waals surface area contributed by atoms with Gasteiger partial charge in [-0.2, -0.15) is 0 Å². The van der Waals surface area contributed by atoms with Crippen molar-refractivity contribution in [3.8, 4) is 11.1 Å². The van der Waals surface area contributed by atoms with Crippen LogP contribution in [0, 0.1) is 20.8 Å². The lowest BCUT2D eigenvalue weighted by Gasteiger charge is -2.19. The highest BCUT2D eigenvalue weighted by Crippen LogP contribution is 2.40. The third kappa shape index (κ3) is 4.11. The Morgan fingerprint density at radius 1 is 0.931 bits per heavy atom. The minimum atomic E-state index is -4.52. The molecular formula is C24H25O4P. The largest absolute Gasteiger partial charge is 0.356 e. The van der Waals surface area contributed by atoms with Crippen LogP contribution in [0.1, 0.15) is 45.1 Å². The monoisotopic (exact) mass is 408 g/mol. The van der Waals surface area contributed by atoms with Gasteiger partial charge in [-0.05, 0) is 55.5 Å². The molecule has 3 aromatic rings. The molecule has 4 nitrogen and oxygen atoms in total. The molecule has 0 saturated heterocycles. The number of hydrogen-bond donors (Lipinski definition) is 2. The maximum absolute atomic E-state index is 13.6. The Morgan fingerprint density at radius 3 is 2.14 bits per heavy atom. The Labute approximate surface area is 171 Å². The van der Waals surface area contributed by atoms with E-state index in [2.05, 4.69) is 0 Å². The SMILES string of the molecule is CCc1cccc(P(=O)(O)O)c1-c1ccccc1C(=O)c1c(C)cc(C)cc1C. The van der Waals surface area contributed by atoms with Gasteiger partial charge in [-0.3, -0.25) is 9.36 Å². The lowest BCUT2D eigenvalue weighted by atomic mass is 9.87. The summed E-state index contributed by atoms with van der Waals surface area (Å²) in [6.07, 6.45) is 0.592. The van der Waals surface area contributed by atoms with E-state index in [1.165, 1.54) is 6.07 Å². The summed E-state index contributed by atoms with van der Waals surface area (Å²) >= 11 is 0. The van der Waals surface area contributed by atoms with Crippen molar-refractivity contribution in [1.82, 2.24) is 0 Å². The second-order valence-corrected chi connectivity index (χ2v) is 8.93. The van der Waals surface area contributed by atoms with Crippen LogP contribution in [0.3, 0.4) is 0 Å². The van der Waals surface area contributed by atoms with Gasteiger partial charge in [0.2, 0.25) is 0 Å². The molecule has 150 valence electrons. The molecule has 0 saturated carbocycles. The first-order valence-electron chi connectivity index (χ1n) is 9.55. The minimum Gasteiger partial charge on any atom is -0.321 e. The van der Waals surface area contributed by atoms with E-state index in [1.54, 1.807) is 30.3 Å². The lowest BCUT2D eigenvalue weighted by Crippen LogP contribution is -2.14. The van der Waals surface area contributed by atoms with E-state index in [0.717, 1.165) is 22.3 Å². The van der Waals surface area contributed by atoms with Gasteiger partial charge in [-0.1, -0.05) is 61.0 Å². The van der Waals surface area contributed by atoms with Gasteiger partial charge in [-0.25, -0.2) is 0 Å². The van der Waals surface area contributed by atoms with Gasteiger partial charge in [0.25, 0.3) is 0 Å². The molecule has 0 unspecified atom stereocenters. The number of rotatable bonds is 5. The topological polar surface area (TPSA) is 74.6 Å². The van der Waals surface area contributed by atoms with Gasteiger partial charge in [-0.15, -0.1) is 0 Å². The number of aryl methyl sites for hydroxylation is 4. The molecule has 0 aliphatic rings. The first-order chi connectivity index (χ1) is 13.6. The predicted octanol–water partition coefficient (Wildman–Crippen LogP) is 4.88. The highest BCUT2D eigenvalue weighted by atomic mass is 31.2. The van der Waals surface area contributed by atoms with Crippen molar-refractivity contribution in [1.29, 1.82) is 0 Å². The van der Waals surface area contributed by atoms with E-state index in [-0.39, 0.29) is 11.1 Å². The van der Waals surface area contributed by atoms with Crippen LogP contribution in [0.5, 0.6) is 0 Å². The smallest absolute Gasteiger partial charge is 0.321 e. The maximum Gasteiger partial charge on any atom is 0.356 e. The molecule has 5 heteroatoms. The number of carbonyl (C=O) groups excluding carboxylic acids is 1. The van der Waals surface area contributed by atoms with Gasteiger partial charge in [0, 0.05) is 16.7 Å². The summed E-state index contributed by atoms with van der Waals surface area (Å²) in [4.78, 5) is 33.4. The van der Waals surface area contributed by atoms with Gasteiger partial charge < -0.3 is 9.79 Å². The Kier molecular flexibility index (Phi) is 5.90. The summed E-state index contributed by atoms with van der Waals surface area (Å²) in [7, 11) is -4.52. The van der Waals surface area contributed by atoms with Crippen molar-refractivity contribution in [2.24, 2.45) is 0 Å². The first-order valence-corrected chi connectivity index (χ1v) is 11.2. The quantitative estimate of drug-likeness (QED) is 0.466. The van der Waals surface area contributed by atoms with Crippen LogP contribution in [0.15, 0.2) is 54.6 Å². The van der Waals surface area contributed by atoms with E-state index < -0.39 is 7.60 Å². The van der Waals surface area contributed by atoms with Crippen molar-refractivity contribution in [3.05, 3.63) is 88.0 Å². The van der Waals surface area contributed by atoms with Crippen LogP contribution >= 0.6 is 7.60 Å². The van der Waals surface area contributed by atoms with Crippen LogP contribution in [0.25, 0.3) is 11.1 Å². The summed E-state index contributed by atoms with van der Waals surface area (Å²) < 4.78 is 12.2. The Bertz CT molecular complexity index is 1120. The molecule has 0 radical (unpaired) electrons. The molecule has 0 fully saturated rings. The fourth-order valence-electron chi connectivity index (χ4n) is 4.01. The zero-order valence-electron chi connectivity index (χ0n) is 17.1. The number of carbonyl (C=O) groups is 1. The van der Waals surface area contributed by atoms with E-state index in [1.807, 2.05) is 45.9 Å². The first kappa shape index (κ1) is 21.2. The van der Waals surface area contributed by atoms with E-state index >= 15 is 0 Å². The highest BCUT2D eigenvalue weighted by molar-refractivity contribution is 7.60. The zero-order valence-corrected chi connectivity index (χ0v) is 18.0. The normalized spacial score (nSPS) is 11.5. The molecule has 0 bridgehead atoms. The van der Waals surface area contributed by atoms with Crippen molar-refractivity contribution in [2.45, 2.75) is 34.1 Å². The van der Waals surface area contributed by atoms with Crippen molar-refractivity contribution in [2.75, 3.05) is 0 Å². The second kappa shape index (κ2) is 8.08. The molecule has 0 aliphatic heterocycles. The van der Waals surface area contributed by atoms with E-state index in [9.17, 15) is 19.1 Å². The van der Waals surface area contributed by atoms with Gasteiger partial charge in [0.15, 0.2) is 5.78 Å². The maximum atomic E-state index is 13.6. The van der Waals surface area contributed by atoms with E-state index in [0.29, 0.717) is 28.7 Å². The minimum absolute atomic E-state index is 0.0468. The van der Waals surface area contributed by atoms with Gasteiger partial charge in [0.1, 0.15) is 0 Å². The number of hydrogen-bond acceptors (Lipinski definition) is 2. The molecule has 0 heterocycles. The average molecular weight is 408 g/mol. The van der Waals surface area contributed by atoms with Crippen LogP contribution in [-0.4, -0.2) is 15.6 Å². The fourth-order valence-corrected chi connectivity index (χ4v) is 4.84. The molecule has 0 aliphatic carbocycles. The molecule has 0 atom stereocenters. The molecule has 29 heavy (non-hydrogen) atoms. The molecular weight excluding hydrogens is 383 g/mol. The summed E-state index contributed by atoms with van der Waals surface area (Å²) in [6, 6.07) is 15.9. The van der Waals surface area contributed by atoms with Gasteiger partial charge in [0.05, 0.1) is 5.30 Å². The van der Waals surface area contributed by atoms with Crippen molar-refractivity contribution >= 4 is 18.7 Å². The number of benzene rings is 3. The molecule has 2 N–H and O–H groups in total. The predicted molar refractivity (Wildman–Crippen MR) is 117 cm³/mol. The molecule has 3 rings (SSSR count). The number of ketones is 1. The summed E-state index contributed by atoms with van der Waals surface area (Å²) in [5.74, 6) is -0.141. The van der Waals surface area contributed by atoms with Crippen LogP contribution in [-0.2, 0) is 11.0 Å². The van der Waals surface area contributed by atoms with Crippen LogP contribution < -0.4 is 5.30 Å². The second-order valence-electron chi connectivity index (χ2n) is 7.36. The molecule has 0 spiro atoms. The van der Waals surface area contributed by atoms with Gasteiger partial charge >= 0.3 is 7.60 Å². The molecule has 3 aromatic carbocycles. The molecule has 0 aromatic heterocycles. The Morgan fingerprint density at radius 2 is 1.55 bits per heavy atom. The standard InChI is InChI=1S/C24H25O4P/c1-5-18-9-8-12-21(29(26,27)28)23(18)19-10-6-7-11-20(19)24(25)22-16(3)13-15(2)14-17(22)4/h6-14H,5H2,1-4H3,(H2,26,27,28). The Balaban J connectivity index is 2.31. The lowest BCUT2D eigenvalue weighted by molar-refractivity contribution is 0.103. The Hall–Kier alpha value is -2.52. The van der Waals surface area contributed by atoms with Crippen LogP contribution in [0.4, 0.5) is 0 Å². The van der Waals surface area contributed by atoms with E-state index in [4.69, 9.17) is 0 Å². The summed E-state index contributed by atoms with van der Waals surface area (Å²) in [5, 5.41) is -0.0468. The molecule has 0 amide bonds. The zero-order chi connectivity index (χ0) is 21.3. The van der Waals surface area contributed by atoms with Crippen molar-refractivity contribution < 1.29 is 19.1 Å². The van der Waals surface area contributed by atoms with Crippen molar-refractivity contribution in [3.63, 3.8) is 0 Å². The summed E-state index contributed by atoms with van der Waals surface area (Å²) in [5.41, 5.74) is 5.74. The fraction of sp³-hybridized carbons (Fsp3) is 0.208. The third-order valence-corrected chi connectivity index (χ3v) is 6.17.